The number of carbonyl (C=O) groups excluding carboxylic acids is 1. The Kier molecular flexibility index (Phi) is 8.54. The van der Waals surface area contributed by atoms with Gasteiger partial charge in [0.25, 0.3) is 0 Å². The Balaban J connectivity index is 1.37. The molecule has 1 saturated carbocycles. The Labute approximate surface area is 213 Å². The molecule has 0 spiro atoms. The minimum absolute atomic E-state index is 0.0203. The molecule has 0 heterocycles. The average Bonchev–Trinajstić information content (AvgIpc) is 2.88. The van der Waals surface area contributed by atoms with Gasteiger partial charge in [0.05, 0.1) is 11.3 Å². The van der Waals surface area contributed by atoms with E-state index in [1.54, 1.807) is 42.5 Å². The van der Waals surface area contributed by atoms with Crippen molar-refractivity contribution < 1.29 is 17.6 Å². The van der Waals surface area contributed by atoms with Crippen molar-refractivity contribution in [3.8, 4) is 0 Å². The van der Waals surface area contributed by atoms with E-state index in [2.05, 4.69) is 5.32 Å². The van der Waals surface area contributed by atoms with Crippen LogP contribution in [0.25, 0.3) is 0 Å². The van der Waals surface area contributed by atoms with Crippen LogP contribution >= 0.6 is 0 Å². The minimum atomic E-state index is -3.71. The fraction of sp³-hybridized carbons (Fsp3) is 0.345. The van der Waals surface area contributed by atoms with Gasteiger partial charge in [-0.15, -0.1) is 0 Å². The van der Waals surface area contributed by atoms with Crippen molar-refractivity contribution in [3.63, 3.8) is 0 Å². The highest BCUT2D eigenvalue weighted by Gasteiger charge is 2.30. The first-order valence-corrected chi connectivity index (χ1v) is 13.9. The largest absolute Gasteiger partial charge is 0.353 e. The van der Waals surface area contributed by atoms with Gasteiger partial charge in [-0.2, -0.15) is 4.31 Å². The maximum atomic E-state index is 13.5. The van der Waals surface area contributed by atoms with Crippen LogP contribution in [-0.4, -0.2) is 31.2 Å². The summed E-state index contributed by atoms with van der Waals surface area (Å²) in [5.74, 6) is -0.139. The maximum Gasteiger partial charge on any atom is 0.243 e. The standard InChI is InChI=1S/C29H33FN2O3S/c1-22-7-9-23(10-8-22)19-29(33)31-27-17-13-25(14-18-27)21-32(20-24-11-15-26(30)16-12-24)36(34,35)28-5-3-2-4-6-28/h2-12,15-16,25,27H,13-14,17-21H2,1H3,(H,31,33). The highest BCUT2D eigenvalue weighted by molar-refractivity contribution is 7.89. The van der Waals surface area contributed by atoms with Crippen LogP contribution in [0.5, 0.6) is 0 Å². The monoisotopic (exact) mass is 508 g/mol. The Morgan fingerprint density at radius 1 is 0.889 bits per heavy atom. The lowest BCUT2D eigenvalue weighted by molar-refractivity contribution is -0.121. The minimum Gasteiger partial charge on any atom is -0.353 e. The Bertz CT molecular complexity index is 1240. The number of aryl methyl sites for hydroxylation is 1. The van der Waals surface area contributed by atoms with Gasteiger partial charge >= 0.3 is 0 Å². The number of nitrogens with one attached hydrogen (secondary N) is 1. The summed E-state index contributed by atoms with van der Waals surface area (Å²) in [6, 6.07) is 22.5. The molecule has 1 fully saturated rings. The van der Waals surface area contributed by atoms with Crippen LogP contribution in [0.1, 0.15) is 42.4 Å². The molecule has 0 unspecified atom stereocenters. The fourth-order valence-electron chi connectivity index (χ4n) is 4.73. The summed E-state index contributed by atoms with van der Waals surface area (Å²) in [6.45, 7) is 2.59. The number of rotatable bonds is 9. The van der Waals surface area contributed by atoms with Crippen molar-refractivity contribution in [1.82, 2.24) is 9.62 Å². The summed E-state index contributed by atoms with van der Waals surface area (Å²) < 4.78 is 41.9. The smallest absolute Gasteiger partial charge is 0.243 e. The van der Waals surface area contributed by atoms with Gasteiger partial charge in [0.2, 0.25) is 15.9 Å². The Morgan fingerprint density at radius 3 is 2.14 bits per heavy atom. The highest BCUT2D eigenvalue weighted by atomic mass is 32.2. The number of hydrogen-bond donors (Lipinski definition) is 1. The normalized spacial score (nSPS) is 18.2. The van der Waals surface area contributed by atoms with E-state index in [1.165, 1.54) is 22.0 Å². The quantitative estimate of drug-likeness (QED) is 0.430. The number of halogens is 1. The second kappa shape index (κ2) is 11.8. The molecule has 4 rings (SSSR count). The number of sulfonamides is 1. The topological polar surface area (TPSA) is 66.5 Å². The molecular formula is C29H33FN2O3S. The third-order valence-electron chi connectivity index (χ3n) is 6.81. The van der Waals surface area contributed by atoms with Crippen LogP contribution in [-0.2, 0) is 27.8 Å². The predicted octanol–water partition coefficient (Wildman–Crippen LogP) is 5.24. The zero-order valence-corrected chi connectivity index (χ0v) is 21.4. The van der Waals surface area contributed by atoms with Crippen molar-refractivity contribution in [2.75, 3.05) is 6.54 Å². The van der Waals surface area contributed by atoms with E-state index in [0.717, 1.165) is 36.8 Å². The van der Waals surface area contributed by atoms with E-state index in [-0.39, 0.29) is 35.1 Å². The van der Waals surface area contributed by atoms with E-state index >= 15 is 0 Å². The van der Waals surface area contributed by atoms with E-state index in [0.29, 0.717) is 13.0 Å². The molecule has 1 N–H and O–H groups in total. The fourth-order valence-corrected chi connectivity index (χ4v) is 6.26. The second-order valence-corrected chi connectivity index (χ2v) is 11.6. The Morgan fingerprint density at radius 2 is 1.50 bits per heavy atom. The molecule has 7 heteroatoms. The van der Waals surface area contributed by atoms with Crippen molar-refractivity contribution in [3.05, 3.63) is 101 Å². The zero-order valence-electron chi connectivity index (χ0n) is 20.6. The van der Waals surface area contributed by atoms with Gasteiger partial charge in [0.1, 0.15) is 5.82 Å². The van der Waals surface area contributed by atoms with Crippen LogP contribution in [0.15, 0.2) is 83.8 Å². The lowest BCUT2D eigenvalue weighted by atomic mass is 9.86. The van der Waals surface area contributed by atoms with Crippen molar-refractivity contribution in [2.24, 2.45) is 5.92 Å². The molecule has 1 amide bonds. The van der Waals surface area contributed by atoms with Crippen molar-refractivity contribution in [2.45, 2.75) is 56.5 Å². The summed E-state index contributed by atoms with van der Waals surface area (Å²) in [6.07, 6.45) is 3.67. The van der Waals surface area contributed by atoms with E-state index in [9.17, 15) is 17.6 Å². The second-order valence-electron chi connectivity index (χ2n) is 9.68. The molecule has 0 aromatic heterocycles. The van der Waals surface area contributed by atoms with Gasteiger partial charge < -0.3 is 5.32 Å². The number of amides is 1. The maximum absolute atomic E-state index is 13.5. The summed E-state index contributed by atoms with van der Waals surface area (Å²) in [5.41, 5.74) is 2.91. The third kappa shape index (κ3) is 7.02. The average molecular weight is 509 g/mol. The van der Waals surface area contributed by atoms with Crippen LogP contribution in [0, 0.1) is 18.7 Å². The molecule has 0 radical (unpaired) electrons. The molecule has 1 aliphatic rings. The van der Waals surface area contributed by atoms with Gasteiger partial charge in [-0.05, 0) is 73.9 Å². The van der Waals surface area contributed by atoms with E-state index < -0.39 is 10.0 Å². The molecule has 5 nitrogen and oxygen atoms in total. The molecular weight excluding hydrogens is 475 g/mol. The first-order valence-electron chi connectivity index (χ1n) is 12.4. The Hall–Kier alpha value is -3.03. The number of hydrogen-bond acceptors (Lipinski definition) is 3. The third-order valence-corrected chi connectivity index (χ3v) is 8.64. The van der Waals surface area contributed by atoms with Crippen molar-refractivity contribution >= 4 is 15.9 Å². The van der Waals surface area contributed by atoms with Crippen LogP contribution in [0.2, 0.25) is 0 Å². The SMILES string of the molecule is Cc1ccc(CC(=O)NC2CCC(CN(Cc3ccc(F)cc3)S(=O)(=O)c3ccccc3)CC2)cc1. The lowest BCUT2D eigenvalue weighted by Gasteiger charge is -2.33. The van der Waals surface area contributed by atoms with Gasteiger partial charge in [-0.25, -0.2) is 12.8 Å². The highest BCUT2D eigenvalue weighted by Crippen LogP contribution is 2.28. The lowest BCUT2D eigenvalue weighted by Crippen LogP contribution is -2.41. The van der Waals surface area contributed by atoms with Gasteiger partial charge in [-0.3, -0.25) is 4.79 Å². The summed E-state index contributed by atoms with van der Waals surface area (Å²) in [4.78, 5) is 12.8. The number of nitrogens with zero attached hydrogens (tertiary/aromatic N) is 1. The van der Waals surface area contributed by atoms with Crippen molar-refractivity contribution in [1.29, 1.82) is 0 Å². The molecule has 0 aliphatic heterocycles. The zero-order chi connectivity index (χ0) is 25.5. The molecule has 3 aromatic rings. The molecule has 0 bridgehead atoms. The van der Waals surface area contributed by atoms with Gasteiger partial charge in [-0.1, -0.05) is 60.2 Å². The first-order chi connectivity index (χ1) is 17.3. The number of carbonyl (C=O) groups is 1. The number of benzene rings is 3. The molecule has 36 heavy (non-hydrogen) atoms. The summed E-state index contributed by atoms with van der Waals surface area (Å²) in [7, 11) is -3.71. The first kappa shape index (κ1) is 26.0. The molecule has 0 atom stereocenters. The predicted molar refractivity (Wildman–Crippen MR) is 139 cm³/mol. The van der Waals surface area contributed by atoms with E-state index in [1.807, 2.05) is 31.2 Å². The van der Waals surface area contributed by atoms with Gasteiger partial charge in [0.15, 0.2) is 0 Å². The van der Waals surface area contributed by atoms with Crippen LogP contribution < -0.4 is 5.32 Å². The molecule has 190 valence electrons. The van der Waals surface area contributed by atoms with Crippen LogP contribution in [0.3, 0.4) is 0 Å². The van der Waals surface area contributed by atoms with Gasteiger partial charge in [0, 0.05) is 19.1 Å². The molecule has 3 aromatic carbocycles. The summed E-state index contributed by atoms with van der Waals surface area (Å²) in [5, 5.41) is 3.15. The molecule has 0 saturated heterocycles. The summed E-state index contributed by atoms with van der Waals surface area (Å²) >= 11 is 0. The molecule has 1 aliphatic carbocycles. The van der Waals surface area contributed by atoms with Crippen LogP contribution in [0.4, 0.5) is 4.39 Å². The van der Waals surface area contributed by atoms with E-state index in [4.69, 9.17) is 0 Å².